The quantitative estimate of drug-likeness (QED) is 0.751. The number of nitrogens with zero attached hydrogens (tertiary/aromatic N) is 2. The Morgan fingerprint density at radius 2 is 2.05 bits per heavy atom. The van der Waals surface area contributed by atoms with Crippen molar-refractivity contribution in [2.45, 2.75) is 19.9 Å². The van der Waals surface area contributed by atoms with E-state index in [1.165, 1.54) is 5.56 Å². The van der Waals surface area contributed by atoms with Gasteiger partial charge >= 0.3 is 0 Å². The number of hydrogen-bond donors (Lipinski definition) is 2. The maximum atomic E-state index is 4.50. The van der Waals surface area contributed by atoms with E-state index in [0.29, 0.717) is 0 Å². The summed E-state index contributed by atoms with van der Waals surface area (Å²) in [6.45, 7) is 2.91. The van der Waals surface area contributed by atoms with Crippen LogP contribution in [0.15, 0.2) is 41.9 Å². The molecule has 2 heterocycles. The molecule has 2 N–H and O–H groups in total. The summed E-state index contributed by atoms with van der Waals surface area (Å²) < 4.78 is 0. The van der Waals surface area contributed by atoms with E-state index in [1.807, 2.05) is 6.07 Å². The Balaban J connectivity index is 1.63. The number of thiazole rings is 1. The van der Waals surface area contributed by atoms with Crippen LogP contribution in [-0.4, -0.2) is 15.2 Å². The van der Waals surface area contributed by atoms with Crippen LogP contribution >= 0.6 is 11.3 Å². The highest BCUT2D eigenvalue weighted by Gasteiger charge is 2.01. The summed E-state index contributed by atoms with van der Waals surface area (Å²) in [4.78, 5) is 4.50. The number of aryl methyl sites for hydroxylation is 1. The minimum Gasteiger partial charge on any atom is -0.357 e. The lowest BCUT2D eigenvalue weighted by Gasteiger charge is -2.04. The summed E-state index contributed by atoms with van der Waals surface area (Å²) in [5.41, 5.74) is 4.57. The average Bonchev–Trinajstić information content (AvgIpc) is 3.17. The second-order valence-electron chi connectivity index (χ2n) is 4.52. The molecule has 3 rings (SSSR count). The fourth-order valence-corrected chi connectivity index (χ4v) is 2.74. The van der Waals surface area contributed by atoms with Crippen molar-refractivity contribution in [3.63, 3.8) is 0 Å². The van der Waals surface area contributed by atoms with Gasteiger partial charge in [0, 0.05) is 18.1 Å². The molecule has 0 aliphatic heterocycles. The molecule has 0 spiro atoms. The van der Waals surface area contributed by atoms with Crippen molar-refractivity contribution in [1.29, 1.82) is 0 Å². The summed E-state index contributed by atoms with van der Waals surface area (Å²) in [5, 5.41) is 13.4. The van der Waals surface area contributed by atoms with Crippen LogP contribution < -0.4 is 5.32 Å². The SMILES string of the molecule is CCc1csc(NCc2ccc(-c3ccn[nH]3)cc2)n1. The van der Waals surface area contributed by atoms with Crippen molar-refractivity contribution in [3.05, 3.63) is 53.2 Å². The van der Waals surface area contributed by atoms with Gasteiger partial charge in [0.1, 0.15) is 0 Å². The minimum atomic E-state index is 0.792. The van der Waals surface area contributed by atoms with Crippen molar-refractivity contribution in [2.75, 3.05) is 5.32 Å². The van der Waals surface area contributed by atoms with Crippen LogP contribution in [0.1, 0.15) is 18.2 Å². The van der Waals surface area contributed by atoms with Crippen LogP contribution in [0.2, 0.25) is 0 Å². The van der Waals surface area contributed by atoms with Crippen LogP contribution in [0.4, 0.5) is 5.13 Å². The fraction of sp³-hybridized carbons (Fsp3) is 0.200. The molecular weight excluding hydrogens is 268 g/mol. The second-order valence-corrected chi connectivity index (χ2v) is 5.38. The minimum absolute atomic E-state index is 0.792. The number of aromatic nitrogens is 3. The number of anilines is 1. The molecule has 0 aliphatic rings. The predicted octanol–water partition coefficient (Wildman–Crippen LogP) is 3.71. The molecule has 102 valence electrons. The molecule has 0 amide bonds. The van der Waals surface area contributed by atoms with Crippen molar-refractivity contribution in [1.82, 2.24) is 15.2 Å². The van der Waals surface area contributed by atoms with E-state index in [9.17, 15) is 0 Å². The number of rotatable bonds is 5. The van der Waals surface area contributed by atoms with Gasteiger partial charge in [0.2, 0.25) is 0 Å². The summed E-state index contributed by atoms with van der Waals surface area (Å²) in [5.74, 6) is 0. The first kappa shape index (κ1) is 12.9. The zero-order valence-electron chi connectivity index (χ0n) is 11.3. The average molecular weight is 284 g/mol. The zero-order chi connectivity index (χ0) is 13.8. The van der Waals surface area contributed by atoms with Gasteiger partial charge in [-0.1, -0.05) is 31.2 Å². The van der Waals surface area contributed by atoms with E-state index in [-0.39, 0.29) is 0 Å². The molecule has 0 bridgehead atoms. The van der Waals surface area contributed by atoms with Gasteiger partial charge in [0.05, 0.1) is 11.4 Å². The van der Waals surface area contributed by atoms with Crippen molar-refractivity contribution < 1.29 is 0 Å². The number of aromatic amines is 1. The van der Waals surface area contributed by atoms with Gasteiger partial charge in [-0.2, -0.15) is 5.10 Å². The van der Waals surface area contributed by atoms with Crippen LogP contribution in [0.5, 0.6) is 0 Å². The van der Waals surface area contributed by atoms with Crippen LogP contribution in [0.3, 0.4) is 0 Å². The lowest BCUT2D eigenvalue weighted by atomic mass is 10.1. The molecule has 1 aromatic carbocycles. The summed E-state index contributed by atoms with van der Waals surface area (Å²) in [6, 6.07) is 10.4. The normalized spacial score (nSPS) is 10.7. The van der Waals surface area contributed by atoms with E-state index in [0.717, 1.165) is 35.0 Å². The van der Waals surface area contributed by atoms with Crippen molar-refractivity contribution >= 4 is 16.5 Å². The lowest BCUT2D eigenvalue weighted by Crippen LogP contribution is -1.99. The standard InChI is InChI=1S/C15H16N4S/c1-2-13-10-20-15(18-13)16-9-11-3-5-12(6-4-11)14-7-8-17-19-14/h3-8,10H,2,9H2,1H3,(H,16,18)(H,17,19). The van der Waals surface area contributed by atoms with Gasteiger partial charge in [-0.15, -0.1) is 11.3 Å². The molecule has 0 radical (unpaired) electrons. The third-order valence-electron chi connectivity index (χ3n) is 3.12. The van der Waals surface area contributed by atoms with Gasteiger partial charge in [-0.25, -0.2) is 4.98 Å². The fourth-order valence-electron chi connectivity index (χ4n) is 1.95. The Morgan fingerprint density at radius 3 is 2.70 bits per heavy atom. The molecule has 20 heavy (non-hydrogen) atoms. The number of benzene rings is 1. The molecule has 0 aliphatic carbocycles. The van der Waals surface area contributed by atoms with Crippen molar-refractivity contribution in [2.24, 2.45) is 0 Å². The van der Waals surface area contributed by atoms with Gasteiger partial charge in [0.25, 0.3) is 0 Å². The highest BCUT2D eigenvalue weighted by molar-refractivity contribution is 7.13. The number of nitrogens with one attached hydrogen (secondary N) is 2. The van der Waals surface area contributed by atoms with Crippen molar-refractivity contribution in [3.8, 4) is 11.3 Å². The lowest BCUT2D eigenvalue weighted by molar-refractivity contribution is 1.05. The Labute approximate surface area is 121 Å². The third-order valence-corrected chi connectivity index (χ3v) is 3.97. The molecular formula is C15H16N4S. The van der Waals surface area contributed by atoms with Crippen LogP contribution in [-0.2, 0) is 13.0 Å². The summed E-state index contributed by atoms with van der Waals surface area (Å²) in [7, 11) is 0. The van der Waals surface area contributed by atoms with E-state index in [2.05, 4.69) is 57.1 Å². The topological polar surface area (TPSA) is 53.6 Å². The molecule has 4 nitrogen and oxygen atoms in total. The smallest absolute Gasteiger partial charge is 0.183 e. The zero-order valence-corrected chi connectivity index (χ0v) is 12.1. The summed E-state index contributed by atoms with van der Waals surface area (Å²) >= 11 is 1.66. The Bertz CT molecular complexity index is 656. The van der Waals surface area contributed by atoms with Crippen LogP contribution in [0.25, 0.3) is 11.3 Å². The first-order valence-electron chi connectivity index (χ1n) is 6.62. The maximum absolute atomic E-state index is 4.50. The van der Waals surface area contributed by atoms with E-state index >= 15 is 0 Å². The predicted molar refractivity (Wildman–Crippen MR) is 82.8 cm³/mol. The highest BCUT2D eigenvalue weighted by Crippen LogP contribution is 2.19. The highest BCUT2D eigenvalue weighted by atomic mass is 32.1. The first-order valence-corrected chi connectivity index (χ1v) is 7.50. The number of H-pyrrole nitrogens is 1. The second kappa shape index (κ2) is 5.88. The molecule has 0 unspecified atom stereocenters. The Kier molecular flexibility index (Phi) is 3.78. The molecule has 5 heteroatoms. The molecule has 0 saturated heterocycles. The van der Waals surface area contributed by atoms with E-state index in [1.54, 1.807) is 17.5 Å². The van der Waals surface area contributed by atoms with Crippen LogP contribution in [0, 0.1) is 0 Å². The Morgan fingerprint density at radius 1 is 1.20 bits per heavy atom. The Hall–Kier alpha value is -2.14. The molecule has 0 saturated carbocycles. The number of hydrogen-bond acceptors (Lipinski definition) is 4. The largest absolute Gasteiger partial charge is 0.357 e. The monoisotopic (exact) mass is 284 g/mol. The van der Waals surface area contributed by atoms with Gasteiger partial charge in [-0.05, 0) is 23.6 Å². The first-order chi connectivity index (χ1) is 9.85. The summed E-state index contributed by atoms with van der Waals surface area (Å²) in [6.07, 6.45) is 2.75. The van der Waals surface area contributed by atoms with E-state index in [4.69, 9.17) is 0 Å². The van der Waals surface area contributed by atoms with E-state index < -0.39 is 0 Å². The van der Waals surface area contributed by atoms with Gasteiger partial charge < -0.3 is 5.32 Å². The third kappa shape index (κ3) is 2.88. The molecule has 0 atom stereocenters. The maximum Gasteiger partial charge on any atom is 0.183 e. The molecule has 0 fully saturated rings. The van der Waals surface area contributed by atoms with Gasteiger partial charge in [0.15, 0.2) is 5.13 Å². The molecule has 3 aromatic rings. The molecule has 2 aromatic heterocycles. The van der Waals surface area contributed by atoms with Gasteiger partial charge in [-0.3, -0.25) is 5.10 Å².